The van der Waals surface area contributed by atoms with Crippen molar-refractivity contribution in [2.75, 3.05) is 25.1 Å². The second kappa shape index (κ2) is 7.67. The Morgan fingerprint density at radius 1 is 0.969 bits per heavy atom. The van der Waals surface area contributed by atoms with Gasteiger partial charge in [0.2, 0.25) is 0 Å². The quantitative estimate of drug-likeness (QED) is 0.416. The van der Waals surface area contributed by atoms with E-state index in [0.717, 1.165) is 52.3 Å². The van der Waals surface area contributed by atoms with Crippen LogP contribution in [0.4, 0.5) is 5.69 Å². The van der Waals surface area contributed by atoms with Gasteiger partial charge in [0, 0.05) is 41.4 Å². The van der Waals surface area contributed by atoms with Gasteiger partial charge in [0.15, 0.2) is 0 Å². The number of piperidine rings is 1. The minimum Gasteiger partial charge on any atom is -0.495 e. The second-order valence-corrected chi connectivity index (χ2v) is 8.25. The number of nitrogens with zero attached hydrogens (tertiary/aromatic N) is 4. The Morgan fingerprint density at radius 2 is 1.88 bits per heavy atom. The van der Waals surface area contributed by atoms with Crippen LogP contribution in [0.15, 0.2) is 54.9 Å². The molecule has 2 N–H and O–H groups in total. The molecule has 7 heteroatoms. The molecule has 0 bridgehead atoms. The number of pyridine rings is 2. The molecule has 0 saturated carbocycles. The van der Waals surface area contributed by atoms with E-state index >= 15 is 0 Å². The predicted octanol–water partition coefficient (Wildman–Crippen LogP) is 5.17. The van der Waals surface area contributed by atoms with Crippen molar-refractivity contribution in [3.8, 4) is 28.4 Å². The molecule has 6 rings (SSSR count). The van der Waals surface area contributed by atoms with E-state index in [1.807, 2.05) is 18.2 Å². The minimum atomic E-state index is 0.706. The molecule has 0 amide bonds. The van der Waals surface area contributed by atoms with Gasteiger partial charge in [-0.15, -0.1) is 0 Å². The number of aromatic nitrogens is 5. The van der Waals surface area contributed by atoms with Crippen LogP contribution < -0.4 is 9.64 Å². The van der Waals surface area contributed by atoms with Gasteiger partial charge in [0.25, 0.3) is 0 Å². The van der Waals surface area contributed by atoms with Crippen LogP contribution in [-0.2, 0) is 0 Å². The molecule has 1 fully saturated rings. The average molecular weight is 425 g/mol. The fraction of sp³-hybridized carbons (Fsp3) is 0.240. The van der Waals surface area contributed by atoms with Crippen molar-refractivity contribution in [2.45, 2.75) is 19.3 Å². The van der Waals surface area contributed by atoms with E-state index < -0.39 is 0 Å². The van der Waals surface area contributed by atoms with E-state index in [9.17, 15) is 0 Å². The van der Waals surface area contributed by atoms with E-state index in [1.54, 1.807) is 19.5 Å². The summed E-state index contributed by atoms with van der Waals surface area (Å²) in [6, 6.07) is 14.6. The number of hydrogen-bond donors (Lipinski definition) is 2. The van der Waals surface area contributed by atoms with E-state index in [0.29, 0.717) is 5.75 Å². The first kappa shape index (κ1) is 18.9. The molecule has 7 nitrogen and oxygen atoms in total. The highest BCUT2D eigenvalue weighted by Gasteiger charge is 2.18. The average Bonchev–Trinajstić information content (AvgIpc) is 3.48. The van der Waals surface area contributed by atoms with Crippen molar-refractivity contribution in [1.29, 1.82) is 0 Å². The Balaban J connectivity index is 1.45. The number of benzene rings is 1. The van der Waals surface area contributed by atoms with Crippen LogP contribution >= 0.6 is 0 Å². The predicted molar refractivity (Wildman–Crippen MR) is 127 cm³/mol. The van der Waals surface area contributed by atoms with Gasteiger partial charge < -0.3 is 14.6 Å². The summed E-state index contributed by atoms with van der Waals surface area (Å²) in [5.74, 6) is 0.706. The summed E-state index contributed by atoms with van der Waals surface area (Å²) < 4.78 is 5.32. The van der Waals surface area contributed by atoms with Crippen molar-refractivity contribution >= 4 is 27.6 Å². The maximum atomic E-state index is 5.32. The monoisotopic (exact) mass is 424 g/mol. The van der Waals surface area contributed by atoms with Crippen LogP contribution in [0.25, 0.3) is 44.6 Å². The van der Waals surface area contributed by atoms with Gasteiger partial charge in [0.1, 0.15) is 17.0 Å². The number of aromatic amines is 2. The molecule has 32 heavy (non-hydrogen) atoms. The maximum absolute atomic E-state index is 5.32. The summed E-state index contributed by atoms with van der Waals surface area (Å²) in [5.41, 5.74) is 7.65. The Labute approximate surface area is 185 Å². The molecule has 0 radical (unpaired) electrons. The zero-order valence-corrected chi connectivity index (χ0v) is 17.9. The van der Waals surface area contributed by atoms with Gasteiger partial charge in [0.05, 0.1) is 30.2 Å². The molecule has 1 aromatic carbocycles. The largest absolute Gasteiger partial charge is 0.495 e. The summed E-state index contributed by atoms with van der Waals surface area (Å²) in [4.78, 5) is 15.2. The normalized spacial score (nSPS) is 14.3. The highest BCUT2D eigenvalue weighted by molar-refractivity contribution is 5.99. The molecule has 1 saturated heterocycles. The summed E-state index contributed by atoms with van der Waals surface area (Å²) in [6.45, 7) is 2.23. The molecule has 0 spiro atoms. The fourth-order valence-electron chi connectivity index (χ4n) is 4.60. The number of nitrogens with one attached hydrogen (secondary N) is 2. The van der Waals surface area contributed by atoms with Gasteiger partial charge >= 0.3 is 0 Å². The molecule has 0 aliphatic carbocycles. The number of ether oxygens (including phenoxy) is 1. The second-order valence-electron chi connectivity index (χ2n) is 8.25. The lowest BCUT2D eigenvalue weighted by molar-refractivity contribution is 0.413. The van der Waals surface area contributed by atoms with Crippen LogP contribution in [-0.4, -0.2) is 45.3 Å². The summed E-state index contributed by atoms with van der Waals surface area (Å²) >= 11 is 0. The third kappa shape index (κ3) is 3.17. The van der Waals surface area contributed by atoms with Crippen molar-refractivity contribution < 1.29 is 4.74 Å². The summed E-state index contributed by atoms with van der Waals surface area (Å²) in [7, 11) is 1.64. The van der Waals surface area contributed by atoms with Crippen LogP contribution in [0.3, 0.4) is 0 Å². The van der Waals surface area contributed by atoms with Gasteiger partial charge in [-0.05, 0) is 55.7 Å². The highest BCUT2D eigenvalue weighted by atomic mass is 16.5. The first-order valence-electron chi connectivity index (χ1n) is 11.0. The van der Waals surface area contributed by atoms with E-state index in [2.05, 4.69) is 49.3 Å². The van der Waals surface area contributed by atoms with Crippen molar-refractivity contribution in [2.24, 2.45) is 0 Å². The van der Waals surface area contributed by atoms with Crippen molar-refractivity contribution in [3.63, 3.8) is 0 Å². The van der Waals surface area contributed by atoms with Gasteiger partial charge in [-0.2, -0.15) is 5.10 Å². The number of H-pyrrole nitrogens is 2. The number of rotatable bonds is 4. The lowest BCUT2D eigenvalue weighted by Crippen LogP contribution is -2.29. The summed E-state index contributed by atoms with van der Waals surface area (Å²) in [6.07, 6.45) is 7.31. The molecule has 0 unspecified atom stereocenters. The number of methoxy groups -OCH3 is 1. The zero-order valence-electron chi connectivity index (χ0n) is 17.9. The topological polar surface area (TPSA) is 82.7 Å². The lowest BCUT2D eigenvalue weighted by atomic mass is 10.1. The molecule has 4 aromatic heterocycles. The van der Waals surface area contributed by atoms with E-state index in [4.69, 9.17) is 9.72 Å². The number of anilines is 1. The zero-order chi connectivity index (χ0) is 21.5. The third-order valence-electron chi connectivity index (χ3n) is 6.25. The molecule has 160 valence electrons. The SMILES string of the molecule is COc1cncc(-c2ccc3[nH]nc(-c4cc5c(N6CCCCC6)cccc5[nH]4)c3n2)c1. The van der Waals surface area contributed by atoms with Crippen molar-refractivity contribution in [3.05, 3.63) is 54.9 Å². The first-order chi connectivity index (χ1) is 15.8. The maximum Gasteiger partial charge on any atom is 0.137 e. The Bertz CT molecular complexity index is 1410. The Morgan fingerprint density at radius 3 is 2.75 bits per heavy atom. The molecule has 1 aliphatic heterocycles. The van der Waals surface area contributed by atoms with Gasteiger partial charge in [-0.3, -0.25) is 10.1 Å². The van der Waals surface area contributed by atoms with Crippen LogP contribution in [0.2, 0.25) is 0 Å². The molecule has 0 atom stereocenters. The molecule has 1 aliphatic rings. The lowest BCUT2D eigenvalue weighted by Gasteiger charge is -2.29. The molecule has 5 aromatic rings. The third-order valence-corrected chi connectivity index (χ3v) is 6.25. The number of fused-ring (bicyclic) bond motifs is 2. The number of hydrogen-bond acceptors (Lipinski definition) is 5. The Hall–Kier alpha value is -3.87. The van der Waals surface area contributed by atoms with Crippen LogP contribution in [0.1, 0.15) is 19.3 Å². The minimum absolute atomic E-state index is 0.706. The van der Waals surface area contributed by atoms with Crippen molar-refractivity contribution in [1.82, 2.24) is 25.1 Å². The Kier molecular flexibility index (Phi) is 4.52. The van der Waals surface area contributed by atoms with Gasteiger partial charge in [-0.25, -0.2) is 4.98 Å². The standard InChI is InChI=1S/C25H24N6O/c1-32-17-12-16(14-26-15-17)19-8-9-21-24(28-19)25(30-29-21)22-13-18-20(27-22)6-5-7-23(18)31-10-3-2-4-11-31/h5-9,12-15,27H,2-4,10-11H2,1H3,(H,29,30). The van der Waals surface area contributed by atoms with Gasteiger partial charge in [-0.1, -0.05) is 6.07 Å². The smallest absolute Gasteiger partial charge is 0.137 e. The highest BCUT2D eigenvalue weighted by Crippen LogP contribution is 2.34. The van der Waals surface area contributed by atoms with E-state index in [1.165, 1.54) is 30.3 Å². The fourth-order valence-corrected chi connectivity index (χ4v) is 4.60. The van der Waals surface area contributed by atoms with Crippen LogP contribution in [0, 0.1) is 0 Å². The molecular weight excluding hydrogens is 400 g/mol. The molecule has 5 heterocycles. The van der Waals surface area contributed by atoms with E-state index in [-0.39, 0.29) is 0 Å². The summed E-state index contributed by atoms with van der Waals surface area (Å²) in [5, 5.41) is 8.96. The first-order valence-corrected chi connectivity index (χ1v) is 11.0. The van der Waals surface area contributed by atoms with Crippen LogP contribution in [0.5, 0.6) is 5.75 Å². The molecular formula is C25H24N6O.